The quantitative estimate of drug-likeness (QED) is 0.516. The molecular formula is C23H29N5O2S. The SMILES string of the molecule is CC(C)n1cnc2nc(CSc3ccccc3NC(=O)CCC3CCCC3)cc(=O)n21. The smallest absolute Gasteiger partial charge is 0.274 e. The summed E-state index contributed by atoms with van der Waals surface area (Å²) in [7, 11) is 0. The number of carbonyl (C=O) groups excluding carboxylic acids is 1. The molecular weight excluding hydrogens is 410 g/mol. The maximum Gasteiger partial charge on any atom is 0.274 e. The number of nitrogens with zero attached hydrogens (tertiary/aromatic N) is 4. The second kappa shape index (κ2) is 9.68. The van der Waals surface area contributed by atoms with Crippen molar-refractivity contribution in [2.24, 2.45) is 5.92 Å². The van der Waals surface area contributed by atoms with E-state index in [0.717, 1.165) is 17.0 Å². The Morgan fingerprint density at radius 3 is 2.81 bits per heavy atom. The van der Waals surface area contributed by atoms with Crippen LogP contribution >= 0.6 is 11.8 Å². The number of para-hydroxylation sites is 1. The molecule has 1 aliphatic carbocycles. The van der Waals surface area contributed by atoms with E-state index in [2.05, 4.69) is 15.3 Å². The van der Waals surface area contributed by atoms with Gasteiger partial charge in [0.1, 0.15) is 6.33 Å². The first-order chi connectivity index (χ1) is 15.0. The number of hydrogen-bond acceptors (Lipinski definition) is 5. The van der Waals surface area contributed by atoms with Gasteiger partial charge >= 0.3 is 0 Å². The average molecular weight is 440 g/mol. The molecule has 4 rings (SSSR count). The van der Waals surface area contributed by atoms with Gasteiger partial charge in [0, 0.05) is 29.2 Å². The van der Waals surface area contributed by atoms with Crippen LogP contribution in [0.15, 0.2) is 46.3 Å². The van der Waals surface area contributed by atoms with Gasteiger partial charge in [0.15, 0.2) is 0 Å². The molecule has 0 spiro atoms. The van der Waals surface area contributed by atoms with Crippen LogP contribution < -0.4 is 10.9 Å². The van der Waals surface area contributed by atoms with Crippen LogP contribution in [0, 0.1) is 5.92 Å². The van der Waals surface area contributed by atoms with Crippen LogP contribution in [0.5, 0.6) is 0 Å². The van der Waals surface area contributed by atoms with Crippen molar-refractivity contribution in [1.82, 2.24) is 19.2 Å². The molecule has 0 saturated heterocycles. The standard InChI is InChI=1S/C23H29N5O2S/c1-16(2)27-15-24-23-25-18(13-22(30)28(23)27)14-31-20-10-6-5-9-19(20)26-21(29)12-11-17-7-3-4-8-17/h5-6,9-10,13,15-17H,3-4,7-8,11-12,14H2,1-2H3,(H,26,29). The summed E-state index contributed by atoms with van der Waals surface area (Å²) in [5.74, 6) is 1.70. The summed E-state index contributed by atoms with van der Waals surface area (Å²) in [5.41, 5.74) is 1.34. The molecule has 1 fully saturated rings. The second-order valence-electron chi connectivity index (χ2n) is 8.44. The minimum Gasteiger partial charge on any atom is -0.325 e. The van der Waals surface area contributed by atoms with Gasteiger partial charge in [-0.3, -0.25) is 14.3 Å². The third kappa shape index (κ3) is 5.18. The van der Waals surface area contributed by atoms with Gasteiger partial charge in [-0.1, -0.05) is 37.8 Å². The predicted molar refractivity (Wildman–Crippen MR) is 123 cm³/mol. The zero-order valence-corrected chi connectivity index (χ0v) is 18.9. The van der Waals surface area contributed by atoms with E-state index in [-0.39, 0.29) is 17.5 Å². The normalized spacial score (nSPS) is 14.5. The molecule has 7 nitrogen and oxygen atoms in total. The summed E-state index contributed by atoms with van der Waals surface area (Å²) in [5, 5.41) is 3.07. The van der Waals surface area contributed by atoms with Crippen molar-refractivity contribution in [3.63, 3.8) is 0 Å². The molecule has 2 heterocycles. The Balaban J connectivity index is 1.42. The molecule has 0 unspecified atom stereocenters. The van der Waals surface area contributed by atoms with Gasteiger partial charge in [-0.05, 0) is 38.3 Å². The monoisotopic (exact) mass is 439 g/mol. The zero-order chi connectivity index (χ0) is 21.8. The molecule has 1 amide bonds. The van der Waals surface area contributed by atoms with Crippen LogP contribution in [0.3, 0.4) is 0 Å². The maximum atomic E-state index is 12.6. The fourth-order valence-corrected chi connectivity index (χ4v) is 5.01. The number of hydrogen-bond donors (Lipinski definition) is 1. The first kappa shape index (κ1) is 21.6. The van der Waals surface area contributed by atoms with E-state index in [4.69, 9.17) is 0 Å². The number of aromatic nitrogens is 4. The highest BCUT2D eigenvalue weighted by Gasteiger charge is 2.17. The third-order valence-electron chi connectivity index (χ3n) is 5.77. The van der Waals surface area contributed by atoms with Crippen LogP contribution in [0.1, 0.15) is 64.1 Å². The average Bonchev–Trinajstić information content (AvgIpc) is 3.42. The van der Waals surface area contributed by atoms with Crippen LogP contribution in [-0.2, 0) is 10.5 Å². The first-order valence-corrected chi connectivity index (χ1v) is 12.0. The first-order valence-electron chi connectivity index (χ1n) is 11.0. The molecule has 3 aromatic rings. The molecule has 0 radical (unpaired) electrons. The lowest BCUT2D eigenvalue weighted by Gasteiger charge is -2.12. The highest BCUT2D eigenvalue weighted by atomic mass is 32.2. The van der Waals surface area contributed by atoms with Gasteiger partial charge in [0.25, 0.3) is 11.3 Å². The second-order valence-corrected chi connectivity index (χ2v) is 9.46. The molecule has 0 atom stereocenters. The summed E-state index contributed by atoms with van der Waals surface area (Å²) >= 11 is 1.56. The Bertz CT molecular complexity index is 1110. The lowest BCUT2D eigenvalue weighted by atomic mass is 10.0. The number of fused-ring (bicyclic) bond motifs is 1. The summed E-state index contributed by atoms with van der Waals surface area (Å²) in [6.07, 6.45) is 8.29. The van der Waals surface area contributed by atoms with Gasteiger partial charge < -0.3 is 5.32 Å². The molecule has 2 aromatic heterocycles. The Morgan fingerprint density at radius 1 is 1.26 bits per heavy atom. The van der Waals surface area contributed by atoms with Crippen LogP contribution in [0.25, 0.3) is 5.78 Å². The molecule has 164 valence electrons. The fraction of sp³-hybridized carbons (Fsp3) is 0.478. The lowest BCUT2D eigenvalue weighted by molar-refractivity contribution is -0.116. The largest absolute Gasteiger partial charge is 0.325 e. The Kier molecular flexibility index (Phi) is 6.75. The van der Waals surface area contributed by atoms with Crippen LogP contribution in [0.2, 0.25) is 0 Å². The van der Waals surface area contributed by atoms with E-state index in [1.807, 2.05) is 38.1 Å². The van der Waals surface area contributed by atoms with Crippen molar-refractivity contribution in [3.05, 3.63) is 52.7 Å². The molecule has 31 heavy (non-hydrogen) atoms. The highest BCUT2D eigenvalue weighted by Crippen LogP contribution is 2.31. The lowest BCUT2D eigenvalue weighted by Crippen LogP contribution is -2.22. The molecule has 1 N–H and O–H groups in total. The third-order valence-corrected chi connectivity index (χ3v) is 6.88. The minimum atomic E-state index is -0.139. The Morgan fingerprint density at radius 2 is 2.03 bits per heavy atom. The Hall–Kier alpha value is -2.61. The number of nitrogens with one attached hydrogen (secondary N) is 1. The summed E-state index contributed by atoms with van der Waals surface area (Å²) in [6.45, 7) is 3.99. The van der Waals surface area contributed by atoms with Gasteiger partial charge in [-0.2, -0.15) is 9.50 Å². The topological polar surface area (TPSA) is 81.3 Å². The Labute approximate surface area is 186 Å². The van der Waals surface area contributed by atoms with E-state index in [1.54, 1.807) is 28.8 Å². The van der Waals surface area contributed by atoms with Crippen LogP contribution in [-0.4, -0.2) is 25.1 Å². The predicted octanol–water partition coefficient (Wildman–Crippen LogP) is 4.67. The van der Waals surface area contributed by atoms with Crippen molar-refractivity contribution in [2.75, 3.05) is 5.32 Å². The number of benzene rings is 1. The number of amides is 1. The van der Waals surface area contributed by atoms with Crippen molar-refractivity contribution >= 4 is 29.1 Å². The van der Waals surface area contributed by atoms with Crippen molar-refractivity contribution < 1.29 is 4.79 Å². The molecule has 1 saturated carbocycles. The van der Waals surface area contributed by atoms with E-state index in [9.17, 15) is 9.59 Å². The number of anilines is 1. The number of thioether (sulfide) groups is 1. The molecule has 8 heteroatoms. The maximum absolute atomic E-state index is 12.6. The van der Waals surface area contributed by atoms with Gasteiger partial charge in [0.05, 0.1) is 11.4 Å². The van der Waals surface area contributed by atoms with Crippen molar-refractivity contribution in [3.8, 4) is 0 Å². The summed E-state index contributed by atoms with van der Waals surface area (Å²) in [4.78, 5) is 34.8. The van der Waals surface area contributed by atoms with E-state index in [1.165, 1.54) is 30.2 Å². The molecule has 0 aliphatic heterocycles. The van der Waals surface area contributed by atoms with E-state index >= 15 is 0 Å². The van der Waals surface area contributed by atoms with Crippen molar-refractivity contribution in [2.45, 2.75) is 69.1 Å². The molecule has 1 aromatic carbocycles. The minimum absolute atomic E-state index is 0.0666. The number of carbonyl (C=O) groups is 1. The van der Waals surface area contributed by atoms with Gasteiger partial charge in [0.2, 0.25) is 5.91 Å². The van der Waals surface area contributed by atoms with Crippen molar-refractivity contribution in [1.29, 1.82) is 0 Å². The molecule has 0 bridgehead atoms. The van der Waals surface area contributed by atoms with E-state index in [0.29, 0.717) is 29.6 Å². The number of rotatable bonds is 8. The fourth-order valence-electron chi connectivity index (χ4n) is 4.11. The molecule has 1 aliphatic rings. The van der Waals surface area contributed by atoms with Gasteiger partial charge in [-0.15, -0.1) is 11.8 Å². The van der Waals surface area contributed by atoms with Gasteiger partial charge in [-0.25, -0.2) is 4.98 Å². The summed E-state index contributed by atoms with van der Waals surface area (Å²) < 4.78 is 3.27. The van der Waals surface area contributed by atoms with Crippen LogP contribution in [0.4, 0.5) is 5.69 Å². The van der Waals surface area contributed by atoms with E-state index < -0.39 is 0 Å². The zero-order valence-electron chi connectivity index (χ0n) is 18.1. The highest BCUT2D eigenvalue weighted by molar-refractivity contribution is 7.98. The summed E-state index contributed by atoms with van der Waals surface area (Å²) in [6, 6.07) is 9.46.